The second kappa shape index (κ2) is 13.4. The SMILES string of the molecule is Bc1c(B)c(N(c2ccc(-c3cccc4c3oc3ccccc34)cc2)c2cc3ccccc3c3ccccc23)c(B)c(B)c1-c1cc2ccccc2c2ccccc12. The summed E-state index contributed by atoms with van der Waals surface area (Å²) in [5.74, 6) is 0. The van der Waals surface area contributed by atoms with Gasteiger partial charge in [0.15, 0.2) is 0 Å². The van der Waals surface area contributed by atoms with Gasteiger partial charge in [-0.25, -0.2) is 0 Å². The molecule has 2 nitrogen and oxygen atoms in total. The molecule has 0 aliphatic carbocycles. The average Bonchev–Trinajstić information content (AvgIpc) is 3.66. The zero-order valence-electron chi connectivity index (χ0n) is 33.1. The molecule has 1 aromatic heterocycles. The molecular weight excluding hydrogens is 698 g/mol. The van der Waals surface area contributed by atoms with E-state index in [0.29, 0.717) is 0 Å². The van der Waals surface area contributed by atoms with Gasteiger partial charge in [-0.05, 0) is 84.7 Å². The van der Waals surface area contributed by atoms with Gasteiger partial charge in [-0.15, -0.1) is 0 Å². The highest BCUT2D eigenvalue weighted by molar-refractivity contribution is 6.63. The average molecular weight is 735 g/mol. The fourth-order valence-corrected chi connectivity index (χ4v) is 9.67. The van der Waals surface area contributed by atoms with Crippen LogP contribution >= 0.6 is 0 Å². The van der Waals surface area contributed by atoms with Crippen molar-refractivity contribution in [3.05, 3.63) is 176 Å². The topological polar surface area (TPSA) is 16.4 Å². The van der Waals surface area contributed by atoms with Crippen LogP contribution in [0.15, 0.2) is 180 Å². The molecule has 0 saturated heterocycles. The molecule has 0 fully saturated rings. The Morgan fingerprint density at radius 2 is 0.897 bits per heavy atom. The molecule has 268 valence electrons. The summed E-state index contributed by atoms with van der Waals surface area (Å²) < 4.78 is 6.49. The third kappa shape index (κ3) is 5.18. The summed E-state index contributed by atoms with van der Waals surface area (Å²) in [6, 6.07) is 64.0. The van der Waals surface area contributed by atoms with Crippen LogP contribution in [0.5, 0.6) is 0 Å². The van der Waals surface area contributed by atoms with E-state index < -0.39 is 0 Å². The second-order valence-electron chi connectivity index (χ2n) is 15.7. The first-order chi connectivity index (χ1) is 28.5. The van der Waals surface area contributed by atoms with Crippen LogP contribution in [-0.2, 0) is 0 Å². The van der Waals surface area contributed by atoms with E-state index in [2.05, 4.69) is 206 Å². The molecule has 0 N–H and O–H groups in total. The van der Waals surface area contributed by atoms with Crippen LogP contribution in [-0.4, -0.2) is 31.4 Å². The Labute approximate surface area is 341 Å². The summed E-state index contributed by atoms with van der Waals surface area (Å²) in [5.41, 5.74) is 15.3. The monoisotopic (exact) mass is 735 g/mol. The number of nitrogens with zero attached hydrogens (tertiary/aromatic N) is 1. The predicted octanol–water partition coefficient (Wildman–Crippen LogP) is 8.04. The molecule has 11 aromatic rings. The maximum atomic E-state index is 6.49. The van der Waals surface area contributed by atoms with Crippen LogP contribution in [0.3, 0.4) is 0 Å². The van der Waals surface area contributed by atoms with E-state index in [0.717, 1.165) is 44.4 Å². The smallest absolute Gasteiger partial charge is 0.143 e. The van der Waals surface area contributed by atoms with Gasteiger partial charge < -0.3 is 9.32 Å². The fraction of sp³-hybridized carbons (Fsp3) is 0. The van der Waals surface area contributed by atoms with E-state index in [1.54, 1.807) is 0 Å². The third-order valence-corrected chi connectivity index (χ3v) is 12.7. The first-order valence-corrected chi connectivity index (χ1v) is 20.2. The van der Waals surface area contributed by atoms with Gasteiger partial charge in [0.05, 0.1) is 5.69 Å². The van der Waals surface area contributed by atoms with Crippen molar-refractivity contribution in [2.24, 2.45) is 0 Å². The van der Waals surface area contributed by atoms with E-state index in [-0.39, 0.29) is 0 Å². The minimum atomic E-state index is 0.910. The molecule has 1 heterocycles. The van der Waals surface area contributed by atoms with Gasteiger partial charge in [-0.1, -0.05) is 167 Å². The van der Waals surface area contributed by atoms with Crippen LogP contribution < -0.4 is 26.8 Å². The summed E-state index contributed by atoms with van der Waals surface area (Å²) in [4.78, 5) is 2.52. The van der Waals surface area contributed by atoms with Crippen molar-refractivity contribution < 1.29 is 4.42 Å². The number of anilines is 3. The summed E-state index contributed by atoms with van der Waals surface area (Å²) in [6.07, 6.45) is 0. The number of rotatable bonds is 5. The first kappa shape index (κ1) is 34.4. The lowest BCUT2D eigenvalue weighted by Gasteiger charge is -2.34. The van der Waals surface area contributed by atoms with Crippen molar-refractivity contribution in [3.8, 4) is 22.3 Å². The van der Waals surface area contributed by atoms with Gasteiger partial charge in [0.1, 0.15) is 42.6 Å². The molecular formula is C52H37B4NO. The fourth-order valence-electron chi connectivity index (χ4n) is 9.67. The van der Waals surface area contributed by atoms with E-state index in [9.17, 15) is 0 Å². The second-order valence-corrected chi connectivity index (χ2v) is 15.7. The van der Waals surface area contributed by atoms with Gasteiger partial charge >= 0.3 is 0 Å². The van der Waals surface area contributed by atoms with Crippen LogP contribution in [0, 0.1) is 0 Å². The number of hydrogen-bond acceptors (Lipinski definition) is 2. The summed E-state index contributed by atoms with van der Waals surface area (Å²) in [5, 5.41) is 12.3. The highest BCUT2D eigenvalue weighted by Crippen LogP contribution is 2.43. The molecule has 0 saturated carbocycles. The van der Waals surface area contributed by atoms with E-state index in [4.69, 9.17) is 4.42 Å². The Balaban J connectivity index is 1.16. The zero-order chi connectivity index (χ0) is 39.1. The van der Waals surface area contributed by atoms with E-state index in [1.807, 2.05) is 6.07 Å². The highest BCUT2D eigenvalue weighted by atomic mass is 16.3. The van der Waals surface area contributed by atoms with Crippen molar-refractivity contribution >= 4 is 135 Å². The number of para-hydroxylation sites is 2. The minimum absolute atomic E-state index is 0.910. The molecule has 0 aliphatic rings. The molecule has 0 amide bonds. The standard InChI is InChI=1S/C52H37B4NO/c53-47-46(43-28-31-12-1-3-14-34(31)37-16-5-6-18-39(37)43)48(54)50(56)51(49(47)55)57(44-29-32-13-2-4-15-35(32)38-17-7-8-19-40(38)44)33-26-24-30(25-27-33)36-21-11-22-42-41-20-9-10-23-45(41)58-52(36)42/h1-29H,53-56H2. The van der Waals surface area contributed by atoms with Crippen molar-refractivity contribution in [1.29, 1.82) is 0 Å². The van der Waals surface area contributed by atoms with Crippen LogP contribution in [0.2, 0.25) is 0 Å². The lowest BCUT2D eigenvalue weighted by Crippen LogP contribution is -2.46. The molecule has 6 heteroatoms. The molecule has 0 unspecified atom stereocenters. The maximum Gasteiger partial charge on any atom is 0.143 e. The molecule has 0 aliphatic heterocycles. The first-order valence-electron chi connectivity index (χ1n) is 20.2. The zero-order valence-corrected chi connectivity index (χ0v) is 33.1. The lowest BCUT2D eigenvalue weighted by molar-refractivity contribution is 0.670. The third-order valence-electron chi connectivity index (χ3n) is 12.7. The van der Waals surface area contributed by atoms with E-state index >= 15 is 0 Å². The molecule has 58 heavy (non-hydrogen) atoms. The quantitative estimate of drug-likeness (QED) is 0.132. The van der Waals surface area contributed by atoms with Crippen LogP contribution in [0.25, 0.3) is 87.3 Å². The Morgan fingerprint density at radius 1 is 0.379 bits per heavy atom. The van der Waals surface area contributed by atoms with Crippen molar-refractivity contribution in [3.63, 3.8) is 0 Å². The van der Waals surface area contributed by atoms with Crippen molar-refractivity contribution in [1.82, 2.24) is 0 Å². The number of hydrogen-bond donors (Lipinski definition) is 0. The van der Waals surface area contributed by atoms with Crippen molar-refractivity contribution in [2.45, 2.75) is 0 Å². The maximum absolute atomic E-state index is 6.49. The Morgan fingerprint density at radius 3 is 1.57 bits per heavy atom. The highest BCUT2D eigenvalue weighted by Gasteiger charge is 2.25. The molecule has 11 rings (SSSR count). The molecule has 0 radical (unpaired) electrons. The van der Waals surface area contributed by atoms with Gasteiger partial charge in [0.2, 0.25) is 0 Å². The Kier molecular flexibility index (Phi) is 7.91. The molecule has 10 aromatic carbocycles. The van der Waals surface area contributed by atoms with E-state index in [1.165, 1.54) is 81.8 Å². The normalized spacial score (nSPS) is 11.7. The summed E-state index contributed by atoms with van der Waals surface area (Å²) in [6.45, 7) is 0. The number of benzene rings is 10. The molecule has 0 bridgehead atoms. The Hall–Kier alpha value is -6.90. The van der Waals surface area contributed by atoms with Gasteiger partial charge in [0.25, 0.3) is 0 Å². The van der Waals surface area contributed by atoms with Gasteiger partial charge in [-0.2, -0.15) is 0 Å². The minimum Gasteiger partial charge on any atom is -0.455 e. The van der Waals surface area contributed by atoms with Crippen LogP contribution in [0.1, 0.15) is 0 Å². The van der Waals surface area contributed by atoms with Gasteiger partial charge in [-0.3, -0.25) is 0 Å². The molecule has 0 atom stereocenters. The Bertz CT molecular complexity index is 3430. The molecule has 0 spiro atoms. The lowest BCUT2D eigenvalue weighted by atomic mass is 9.64. The summed E-state index contributed by atoms with van der Waals surface area (Å²) >= 11 is 0. The van der Waals surface area contributed by atoms with Crippen LogP contribution in [0.4, 0.5) is 17.1 Å². The summed E-state index contributed by atoms with van der Waals surface area (Å²) in [7, 11) is 9.27. The predicted molar refractivity (Wildman–Crippen MR) is 262 cm³/mol. The van der Waals surface area contributed by atoms with Crippen molar-refractivity contribution in [2.75, 3.05) is 4.90 Å². The number of fused-ring (bicyclic) bond motifs is 9. The number of furan rings is 1. The largest absolute Gasteiger partial charge is 0.455 e. The van der Waals surface area contributed by atoms with Gasteiger partial charge in [0, 0.05) is 33.1 Å².